The van der Waals surface area contributed by atoms with E-state index in [9.17, 15) is 9.59 Å². The molecule has 6 nitrogen and oxygen atoms in total. The van der Waals surface area contributed by atoms with Crippen LogP contribution in [0.4, 0.5) is 0 Å². The van der Waals surface area contributed by atoms with Crippen LogP contribution in [-0.2, 0) is 22.6 Å². The fourth-order valence-electron chi connectivity index (χ4n) is 2.43. The first-order chi connectivity index (χ1) is 9.11. The second-order valence-electron chi connectivity index (χ2n) is 4.82. The molecule has 2 heterocycles. The largest absolute Gasteiger partial charge is 0.480 e. The maximum Gasteiger partial charge on any atom is 0.326 e. The summed E-state index contributed by atoms with van der Waals surface area (Å²) in [6.07, 6.45) is 6.02. The van der Waals surface area contributed by atoms with Crippen LogP contribution < -0.4 is 0 Å². The van der Waals surface area contributed by atoms with E-state index in [1.165, 1.54) is 4.90 Å². The molecule has 0 radical (unpaired) electrons. The molecule has 19 heavy (non-hydrogen) atoms. The normalized spacial score (nSPS) is 19.4. The average Bonchev–Trinajstić information content (AvgIpc) is 2.86. The molecule has 1 fully saturated rings. The fraction of sp³-hybridized carbons (Fsp3) is 0.615. The van der Waals surface area contributed by atoms with Crippen LogP contribution in [-0.4, -0.2) is 44.3 Å². The highest BCUT2D eigenvalue weighted by atomic mass is 16.4. The number of carbonyl (C=O) groups excluding carboxylic acids is 1. The number of rotatable bonds is 4. The summed E-state index contributed by atoms with van der Waals surface area (Å²) >= 11 is 0. The van der Waals surface area contributed by atoms with E-state index < -0.39 is 12.0 Å². The number of aryl methyl sites for hydroxylation is 1. The Morgan fingerprint density at radius 1 is 1.47 bits per heavy atom. The molecular formula is C13H19N3O3. The number of aliphatic carboxylic acids is 1. The van der Waals surface area contributed by atoms with E-state index in [1.54, 1.807) is 10.9 Å². The number of nitrogens with zero attached hydrogens (tertiary/aromatic N) is 3. The van der Waals surface area contributed by atoms with Gasteiger partial charge in [-0.15, -0.1) is 0 Å². The van der Waals surface area contributed by atoms with Crippen molar-refractivity contribution in [2.24, 2.45) is 0 Å². The molecule has 1 amide bonds. The average molecular weight is 265 g/mol. The molecule has 1 aliphatic heterocycles. The highest BCUT2D eigenvalue weighted by Crippen LogP contribution is 2.18. The van der Waals surface area contributed by atoms with Crippen molar-refractivity contribution in [1.82, 2.24) is 14.7 Å². The third kappa shape index (κ3) is 3.13. The number of piperidine rings is 1. The van der Waals surface area contributed by atoms with Gasteiger partial charge in [0.15, 0.2) is 0 Å². The summed E-state index contributed by atoms with van der Waals surface area (Å²) in [6.45, 7) is 3.27. The van der Waals surface area contributed by atoms with E-state index >= 15 is 0 Å². The molecule has 0 saturated carbocycles. The topological polar surface area (TPSA) is 75.4 Å². The van der Waals surface area contributed by atoms with Crippen molar-refractivity contribution in [1.29, 1.82) is 0 Å². The molecule has 0 spiro atoms. The lowest BCUT2D eigenvalue weighted by atomic mass is 10.0. The first kappa shape index (κ1) is 13.6. The maximum absolute atomic E-state index is 12.2. The quantitative estimate of drug-likeness (QED) is 0.878. The van der Waals surface area contributed by atoms with Gasteiger partial charge in [0.25, 0.3) is 0 Å². The van der Waals surface area contributed by atoms with Crippen LogP contribution in [0, 0.1) is 0 Å². The number of carbonyl (C=O) groups is 2. The second kappa shape index (κ2) is 5.86. The summed E-state index contributed by atoms with van der Waals surface area (Å²) in [5.74, 6) is -1.03. The lowest BCUT2D eigenvalue weighted by Gasteiger charge is -2.32. The van der Waals surface area contributed by atoms with Gasteiger partial charge in [-0.3, -0.25) is 9.48 Å². The molecular weight excluding hydrogens is 246 g/mol. The van der Waals surface area contributed by atoms with Crippen LogP contribution in [0.3, 0.4) is 0 Å². The SMILES string of the molecule is CCn1cc(CC(=O)N2CCCC[C@@H]2C(=O)O)cn1. The third-order valence-electron chi connectivity index (χ3n) is 3.47. The fourth-order valence-corrected chi connectivity index (χ4v) is 2.43. The first-order valence-corrected chi connectivity index (χ1v) is 6.65. The minimum absolute atomic E-state index is 0.122. The van der Waals surface area contributed by atoms with Gasteiger partial charge >= 0.3 is 5.97 Å². The van der Waals surface area contributed by atoms with Gasteiger partial charge in [-0.1, -0.05) is 0 Å². The van der Waals surface area contributed by atoms with Crippen molar-refractivity contribution >= 4 is 11.9 Å². The summed E-state index contributed by atoms with van der Waals surface area (Å²) in [5.41, 5.74) is 0.835. The van der Waals surface area contributed by atoms with Crippen LogP contribution in [0.25, 0.3) is 0 Å². The molecule has 0 aromatic carbocycles. The standard InChI is InChI=1S/C13H19N3O3/c1-2-15-9-10(8-14-15)7-12(17)16-6-4-3-5-11(16)13(18)19/h8-9,11H,2-7H2,1H3,(H,18,19)/t11-/m1/s1. The van der Waals surface area contributed by atoms with Crippen LogP contribution in [0.15, 0.2) is 12.4 Å². The number of likely N-dealkylation sites (tertiary alicyclic amines) is 1. The molecule has 0 aliphatic carbocycles. The molecule has 1 saturated heterocycles. The minimum atomic E-state index is -0.905. The Morgan fingerprint density at radius 3 is 2.89 bits per heavy atom. The van der Waals surface area contributed by atoms with Gasteiger partial charge in [-0.05, 0) is 31.7 Å². The summed E-state index contributed by atoms with van der Waals surface area (Å²) in [5, 5.41) is 13.3. The van der Waals surface area contributed by atoms with Crippen LogP contribution in [0.1, 0.15) is 31.7 Å². The molecule has 2 rings (SSSR count). The molecule has 1 N–H and O–H groups in total. The van der Waals surface area contributed by atoms with Gasteiger partial charge in [-0.25, -0.2) is 4.79 Å². The van der Waals surface area contributed by atoms with E-state index in [0.717, 1.165) is 24.9 Å². The lowest BCUT2D eigenvalue weighted by molar-refractivity contribution is -0.151. The van der Waals surface area contributed by atoms with Crippen molar-refractivity contribution in [2.45, 2.75) is 45.2 Å². The molecule has 1 aromatic heterocycles. The Hall–Kier alpha value is -1.85. The minimum Gasteiger partial charge on any atom is -0.480 e. The van der Waals surface area contributed by atoms with Gasteiger partial charge in [0, 0.05) is 19.3 Å². The zero-order valence-electron chi connectivity index (χ0n) is 11.1. The Kier molecular flexibility index (Phi) is 4.19. The Labute approximate surface area is 112 Å². The van der Waals surface area contributed by atoms with Crippen LogP contribution in [0.5, 0.6) is 0 Å². The Bertz CT molecular complexity index is 469. The number of amides is 1. The van der Waals surface area contributed by atoms with E-state index in [4.69, 9.17) is 5.11 Å². The molecule has 1 aromatic rings. The third-order valence-corrected chi connectivity index (χ3v) is 3.47. The van der Waals surface area contributed by atoms with Crippen LogP contribution in [0.2, 0.25) is 0 Å². The second-order valence-corrected chi connectivity index (χ2v) is 4.82. The number of carboxylic acids is 1. The number of hydrogen-bond donors (Lipinski definition) is 1. The van der Waals surface area contributed by atoms with Gasteiger partial charge in [0.2, 0.25) is 5.91 Å². The summed E-state index contributed by atoms with van der Waals surface area (Å²) in [7, 11) is 0. The van der Waals surface area contributed by atoms with Crippen molar-refractivity contribution in [3.63, 3.8) is 0 Å². The van der Waals surface area contributed by atoms with E-state index in [0.29, 0.717) is 13.0 Å². The molecule has 1 aliphatic rings. The molecule has 1 atom stereocenters. The van der Waals surface area contributed by atoms with E-state index in [2.05, 4.69) is 5.10 Å². The highest BCUT2D eigenvalue weighted by molar-refractivity contribution is 5.85. The molecule has 0 unspecified atom stereocenters. The van der Waals surface area contributed by atoms with Gasteiger partial charge in [-0.2, -0.15) is 5.10 Å². The van der Waals surface area contributed by atoms with Gasteiger partial charge in [0.05, 0.1) is 12.6 Å². The molecule has 0 bridgehead atoms. The van der Waals surface area contributed by atoms with E-state index in [1.807, 2.05) is 13.1 Å². The lowest BCUT2D eigenvalue weighted by Crippen LogP contribution is -2.48. The smallest absolute Gasteiger partial charge is 0.326 e. The monoisotopic (exact) mass is 265 g/mol. The number of carboxylic acid groups (broad SMARTS) is 1. The van der Waals surface area contributed by atoms with E-state index in [-0.39, 0.29) is 12.3 Å². The first-order valence-electron chi connectivity index (χ1n) is 6.65. The van der Waals surface area contributed by atoms with Gasteiger partial charge in [0.1, 0.15) is 6.04 Å². The van der Waals surface area contributed by atoms with Gasteiger partial charge < -0.3 is 10.0 Å². The van der Waals surface area contributed by atoms with Crippen molar-refractivity contribution in [2.75, 3.05) is 6.54 Å². The predicted octanol–water partition coefficient (Wildman–Crippen LogP) is 0.911. The number of hydrogen-bond acceptors (Lipinski definition) is 3. The zero-order chi connectivity index (χ0) is 13.8. The van der Waals surface area contributed by atoms with Crippen LogP contribution >= 0.6 is 0 Å². The Balaban J connectivity index is 2.03. The van der Waals surface area contributed by atoms with Crippen molar-refractivity contribution in [3.05, 3.63) is 18.0 Å². The summed E-state index contributed by atoms with van der Waals surface area (Å²) < 4.78 is 1.76. The molecule has 6 heteroatoms. The maximum atomic E-state index is 12.2. The van der Waals surface area contributed by atoms with Crippen molar-refractivity contribution < 1.29 is 14.7 Å². The highest BCUT2D eigenvalue weighted by Gasteiger charge is 2.31. The number of aromatic nitrogens is 2. The zero-order valence-corrected chi connectivity index (χ0v) is 11.1. The summed E-state index contributed by atoms with van der Waals surface area (Å²) in [6, 6.07) is -0.664. The van der Waals surface area contributed by atoms with Crippen molar-refractivity contribution in [3.8, 4) is 0 Å². The molecule has 104 valence electrons. The predicted molar refractivity (Wildman–Crippen MR) is 68.6 cm³/mol. The summed E-state index contributed by atoms with van der Waals surface area (Å²) in [4.78, 5) is 24.9. The Morgan fingerprint density at radius 2 is 2.26 bits per heavy atom.